The summed E-state index contributed by atoms with van der Waals surface area (Å²) in [5, 5.41) is 17.9. The van der Waals surface area contributed by atoms with Crippen molar-refractivity contribution in [3.63, 3.8) is 0 Å². The third kappa shape index (κ3) is 6.77. The normalized spacial score (nSPS) is 18.4. The van der Waals surface area contributed by atoms with Crippen molar-refractivity contribution in [1.29, 1.82) is 0 Å². The highest BCUT2D eigenvalue weighted by molar-refractivity contribution is 5.93. The van der Waals surface area contributed by atoms with Crippen LogP contribution in [0.3, 0.4) is 0 Å². The molecule has 3 fully saturated rings. The van der Waals surface area contributed by atoms with Gasteiger partial charge in [0.25, 0.3) is 0 Å². The number of carbonyl (C=O) groups is 1. The van der Waals surface area contributed by atoms with Crippen molar-refractivity contribution in [2.45, 2.75) is 63.5 Å². The molecule has 4 heterocycles. The summed E-state index contributed by atoms with van der Waals surface area (Å²) < 4.78 is 2.10. The molecule has 2 aliphatic carbocycles. The van der Waals surface area contributed by atoms with Gasteiger partial charge in [-0.2, -0.15) is 0 Å². The number of imidazole rings is 1. The second-order valence-electron chi connectivity index (χ2n) is 12.0. The van der Waals surface area contributed by atoms with Crippen LogP contribution in [0, 0.1) is 12.8 Å². The summed E-state index contributed by atoms with van der Waals surface area (Å²) in [5.74, 6) is 1.36. The number of likely N-dealkylation sites (tertiary alicyclic amines) is 1. The Bertz CT molecular complexity index is 1500. The number of pyridine rings is 2. The Labute approximate surface area is 241 Å². The predicted octanol–water partition coefficient (Wildman–Crippen LogP) is 5.48. The standard InChI is InChI=1S/C26H32N6O2.C7H8/c1-31-10-7-26(34,8-11-31)22-12-19(17-2-3-17)15-32-16-21(29-24(22)32)14-28-20-6-9-27-23(13-20)30-25(33)18-4-5-18;1-7-5-3-2-4-6-7/h6,9,12-13,15-18,34H,2-5,7-8,10-11,14H2,1H3,(H2,27,28,30,33);2-6H,1H3. The lowest BCUT2D eigenvalue weighted by Crippen LogP contribution is -2.41. The number of benzene rings is 1. The van der Waals surface area contributed by atoms with Crippen LogP contribution in [0.2, 0.25) is 0 Å². The van der Waals surface area contributed by atoms with Crippen molar-refractivity contribution < 1.29 is 9.90 Å². The van der Waals surface area contributed by atoms with Gasteiger partial charge in [-0.1, -0.05) is 35.9 Å². The minimum Gasteiger partial charge on any atom is -0.385 e. The molecule has 8 heteroatoms. The summed E-state index contributed by atoms with van der Waals surface area (Å²) in [4.78, 5) is 23.5. The van der Waals surface area contributed by atoms with Gasteiger partial charge in [-0.15, -0.1) is 0 Å². The van der Waals surface area contributed by atoms with Crippen molar-refractivity contribution in [2.75, 3.05) is 30.8 Å². The van der Waals surface area contributed by atoms with Crippen molar-refractivity contribution in [1.82, 2.24) is 19.3 Å². The van der Waals surface area contributed by atoms with E-state index in [1.807, 2.05) is 30.3 Å². The molecular weight excluding hydrogens is 512 g/mol. The summed E-state index contributed by atoms with van der Waals surface area (Å²) in [5.41, 5.74) is 5.39. The zero-order chi connectivity index (χ0) is 28.4. The minimum absolute atomic E-state index is 0.0517. The van der Waals surface area contributed by atoms with Crippen LogP contribution in [0.5, 0.6) is 0 Å². The van der Waals surface area contributed by atoms with Gasteiger partial charge in [0.2, 0.25) is 5.91 Å². The van der Waals surface area contributed by atoms with Gasteiger partial charge in [-0.25, -0.2) is 9.97 Å². The Balaban J connectivity index is 0.000000380. The summed E-state index contributed by atoms with van der Waals surface area (Å²) in [6.45, 7) is 4.39. The van der Waals surface area contributed by atoms with Gasteiger partial charge in [0.15, 0.2) is 0 Å². The number of hydrogen-bond donors (Lipinski definition) is 3. The molecular formula is C33H40N6O2. The highest BCUT2D eigenvalue weighted by atomic mass is 16.3. The first kappa shape index (κ1) is 27.4. The Morgan fingerprint density at radius 2 is 1.80 bits per heavy atom. The highest BCUT2D eigenvalue weighted by Gasteiger charge is 2.37. The Morgan fingerprint density at radius 3 is 2.46 bits per heavy atom. The van der Waals surface area contributed by atoms with Gasteiger partial charge in [0.05, 0.1) is 17.8 Å². The molecule has 3 aromatic heterocycles. The van der Waals surface area contributed by atoms with Crippen LogP contribution in [0.25, 0.3) is 5.65 Å². The number of hydrogen-bond acceptors (Lipinski definition) is 6. The van der Waals surface area contributed by atoms with Crippen LogP contribution in [-0.2, 0) is 16.9 Å². The average Bonchev–Trinajstić information content (AvgIpc) is 3.91. The number of rotatable bonds is 7. The lowest BCUT2D eigenvalue weighted by atomic mass is 9.84. The molecule has 0 spiro atoms. The van der Waals surface area contributed by atoms with Crippen LogP contribution in [0.1, 0.15) is 66.8 Å². The molecule has 41 heavy (non-hydrogen) atoms. The minimum atomic E-state index is -0.839. The number of carbonyl (C=O) groups excluding carboxylic acids is 1. The smallest absolute Gasteiger partial charge is 0.228 e. The summed E-state index contributed by atoms with van der Waals surface area (Å²) in [6.07, 6.45) is 11.8. The van der Waals surface area contributed by atoms with Gasteiger partial charge in [0, 0.05) is 54.9 Å². The van der Waals surface area contributed by atoms with E-state index in [0.29, 0.717) is 18.3 Å². The Hall–Kier alpha value is -3.75. The second kappa shape index (κ2) is 11.6. The fourth-order valence-corrected chi connectivity index (χ4v) is 5.41. The van der Waals surface area contributed by atoms with Gasteiger partial charge in [-0.3, -0.25) is 4.79 Å². The summed E-state index contributed by atoms with van der Waals surface area (Å²) in [7, 11) is 2.11. The molecule has 1 aromatic carbocycles. The van der Waals surface area contributed by atoms with E-state index >= 15 is 0 Å². The summed E-state index contributed by atoms with van der Waals surface area (Å²) >= 11 is 0. The molecule has 2 saturated carbocycles. The van der Waals surface area contributed by atoms with E-state index in [0.717, 1.165) is 61.4 Å². The monoisotopic (exact) mass is 552 g/mol. The SMILES string of the molecule is CN1CCC(O)(c2cc(C3CC3)cn3cc(CNc4ccnc(NC(=O)C5CC5)c4)nc23)CC1.Cc1ccccc1. The largest absolute Gasteiger partial charge is 0.385 e. The molecule has 214 valence electrons. The van der Waals surface area contributed by atoms with E-state index in [1.165, 1.54) is 24.0 Å². The number of anilines is 2. The number of fused-ring (bicyclic) bond motifs is 1. The number of aliphatic hydroxyl groups is 1. The van der Waals surface area contributed by atoms with Gasteiger partial charge in [-0.05, 0) is 76.1 Å². The zero-order valence-corrected chi connectivity index (χ0v) is 24.0. The molecule has 1 saturated heterocycles. The van der Waals surface area contributed by atoms with Gasteiger partial charge >= 0.3 is 0 Å². The molecule has 0 atom stereocenters. The molecule has 1 aliphatic heterocycles. The number of nitrogens with one attached hydrogen (secondary N) is 2. The Kier molecular flexibility index (Phi) is 7.77. The van der Waals surface area contributed by atoms with Crippen LogP contribution < -0.4 is 10.6 Å². The van der Waals surface area contributed by atoms with E-state index in [-0.39, 0.29) is 11.8 Å². The average molecular weight is 553 g/mol. The number of aryl methyl sites for hydroxylation is 1. The third-order valence-corrected chi connectivity index (χ3v) is 8.36. The number of aromatic nitrogens is 3. The van der Waals surface area contributed by atoms with Crippen molar-refractivity contribution in [3.05, 3.63) is 89.5 Å². The first-order valence-electron chi connectivity index (χ1n) is 14.8. The summed E-state index contributed by atoms with van der Waals surface area (Å²) in [6, 6.07) is 16.2. The van der Waals surface area contributed by atoms with Crippen LogP contribution in [0.4, 0.5) is 11.5 Å². The van der Waals surface area contributed by atoms with E-state index < -0.39 is 5.60 Å². The maximum Gasteiger partial charge on any atom is 0.228 e. The third-order valence-electron chi connectivity index (χ3n) is 8.36. The molecule has 7 rings (SSSR count). The van der Waals surface area contributed by atoms with E-state index in [2.05, 4.69) is 69.5 Å². The first-order valence-corrected chi connectivity index (χ1v) is 14.8. The van der Waals surface area contributed by atoms with Gasteiger partial charge < -0.3 is 25.0 Å². The fourth-order valence-electron chi connectivity index (χ4n) is 5.41. The lowest BCUT2D eigenvalue weighted by molar-refractivity contribution is -0.117. The molecule has 8 nitrogen and oxygen atoms in total. The van der Waals surface area contributed by atoms with Crippen molar-refractivity contribution in [2.24, 2.45) is 5.92 Å². The van der Waals surface area contributed by atoms with E-state index in [9.17, 15) is 9.90 Å². The predicted molar refractivity (Wildman–Crippen MR) is 162 cm³/mol. The second-order valence-corrected chi connectivity index (χ2v) is 12.0. The van der Waals surface area contributed by atoms with E-state index in [4.69, 9.17) is 4.98 Å². The zero-order valence-electron chi connectivity index (χ0n) is 24.0. The maximum atomic E-state index is 12.0. The molecule has 0 bridgehead atoms. The van der Waals surface area contributed by atoms with E-state index in [1.54, 1.807) is 6.20 Å². The molecule has 4 aromatic rings. The lowest BCUT2D eigenvalue weighted by Gasteiger charge is -2.37. The van der Waals surface area contributed by atoms with Crippen molar-refractivity contribution >= 4 is 23.1 Å². The topological polar surface area (TPSA) is 94.8 Å². The Morgan fingerprint density at radius 1 is 1.05 bits per heavy atom. The fraction of sp³-hybridized carbons (Fsp3) is 0.424. The number of amides is 1. The van der Waals surface area contributed by atoms with Crippen LogP contribution in [0.15, 0.2) is 67.1 Å². The number of nitrogens with zero attached hydrogens (tertiary/aromatic N) is 4. The maximum absolute atomic E-state index is 12.0. The quantitative estimate of drug-likeness (QED) is 0.281. The molecule has 3 aliphatic rings. The highest BCUT2D eigenvalue weighted by Crippen LogP contribution is 2.43. The molecule has 0 unspecified atom stereocenters. The van der Waals surface area contributed by atoms with Crippen LogP contribution in [-0.4, -0.2) is 50.4 Å². The van der Waals surface area contributed by atoms with Gasteiger partial charge in [0.1, 0.15) is 11.5 Å². The molecule has 1 amide bonds. The van der Waals surface area contributed by atoms with Crippen LogP contribution >= 0.6 is 0 Å². The van der Waals surface area contributed by atoms with Crippen molar-refractivity contribution in [3.8, 4) is 0 Å². The number of piperidine rings is 1. The first-order chi connectivity index (χ1) is 19.9. The molecule has 3 N–H and O–H groups in total. The molecule has 0 radical (unpaired) electrons.